The zero-order valence-corrected chi connectivity index (χ0v) is 43.8. The number of rotatable bonds is 15. The van der Waals surface area contributed by atoms with Crippen molar-refractivity contribution >= 4 is 76.0 Å². The van der Waals surface area contributed by atoms with E-state index in [1.807, 2.05) is 6.07 Å². The van der Waals surface area contributed by atoms with E-state index in [1.54, 1.807) is 12.1 Å². The fourth-order valence-corrected chi connectivity index (χ4v) is 8.67. The van der Waals surface area contributed by atoms with Gasteiger partial charge >= 0.3 is 0 Å². The number of hydrogen-bond donors (Lipinski definition) is 14. The van der Waals surface area contributed by atoms with Crippen LogP contribution < -0.4 is 65.9 Å². The summed E-state index contributed by atoms with van der Waals surface area (Å²) in [5, 5.41) is 39.4. The van der Waals surface area contributed by atoms with Crippen molar-refractivity contribution in [1.29, 1.82) is 5.26 Å². The minimum absolute atomic E-state index is 0.00792. The van der Waals surface area contributed by atoms with Crippen molar-refractivity contribution < 1.29 is 48.3 Å². The molecule has 0 spiro atoms. The summed E-state index contributed by atoms with van der Waals surface area (Å²) < 4.78 is 0. The van der Waals surface area contributed by atoms with E-state index in [-0.39, 0.29) is 102 Å². The van der Waals surface area contributed by atoms with E-state index in [1.165, 1.54) is 35.5 Å². The number of hydrogen-bond acceptors (Lipinski definition) is 13. The molecule has 7 atom stereocenters. The molecule has 1 aromatic heterocycles. The molecule has 0 radical (unpaired) electrons. The Balaban J connectivity index is 0.00000105. The third kappa shape index (κ3) is 20.4. The van der Waals surface area contributed by atoms with Gasteiger partial charge in [0.05, 0.1) is 24.3 Å². The number of fused-ring (bicyclic) bond motifs is 2. The van der Waals surface area contributed by atoms with Crippen LogP contribution in [-0.2, 0) is 56.0 Å². The molecule has 5 rings (SSSR count). The van der Waals surface area contributed by atoms with Gasteiger partial charge in [0.15, 0.2) is 11.9 Å². The van der Waals surface area contributed by atoms with Gasteiger partial charge in [-0.15, -0.1) is 0 Å². The molecule has 0 bridgehead atoms. The maximum Gasteiger partial charge on any atom is 0.245 e. The van der Waals surface area contributed by atoms with Crippen LogP contribution in [0.4, 0.5) is 0 Å². The molecule has 2 aliphatic heterocycles. The number of nitrogens with two attached hydrogens (primary N) is 5. The Kier molecular flexibility index (Phi) is 24.8. The number of guanidine groups is 2. The Morgan fingerprint density at radius 3 is 2.18 bits per heavy atom. The highest BCUT2D eigenvalue weighted by molar-refractivity contribution is 5.98. The van der Waals surface area contributed by atoms with Crippen molar-refractivity contribution in [2.75, 3.05) is 32.7 Å². The Hall–Kier alpha value is -8.80. The lowest BCUT2D eigenvalue weighted by atomic mass is 10.0. The summed E-state index contributed by atoms with van der Waals surface area (Å²) in [6, 6.07) is 8.35. The number of carbonyl (C=O) groups excluding carboxylic acids is 9. The lowest BCUT2D eigenvalue weighted by Crippen LogP contribution is -2.59. The average Bonchev–Trinajstić information content (AvgIpc) is 4.02. The van der Waals surface area contributed by atoms with Crippen LogP contribution in [0.5, 0.6) is 0 Å². The van der Waals surface area contributed by atoms with Crippen LogP contribution in [0.25, 0.3) is 10.9 Å². The van der Waals surface area contributed by atoms with Gasteiger partial charge in [0.1, 0.15) is 36.3 Å². The second-order valence-corrected chi connectivity index (χ2v) is 18.7. The number of carbonyl (C=O) groups is 9. The first kappa shape index (κ1) is 61.7. The molecule has 2 saturated heterocycles. The first-order valence-corrected chi connectivity index (χ1v) is 25.6. The third-order valence-corrected chi connectivity index (χ3v) is 12.7. The summed E-state index contributed by atoms with van der Waals surface area (Å²) >= 11 is 0. The van der Waals surface area contributed by atoms with Gasteiger partial charge in [0.2, 0.25) is 53.2 Å². The van der Waals surface area contributed by atoms with E-state index >= 15 is 0 Å². The van der Waals surface area contributed by atoms with Gasteiger partial charge in [-0.05, 0) is 80.7 Å². The lowest BCUT2D eigenvalue weighted by molar-refractivity contribution is -0.143. The van der Waals surface area contributed by atoms with Crippen LogP contribution in [0, 0.1) is 11.3 Å². The number of aliphatic hydroxyl groups is 1. The second kappa shape index (κ2) is 31.3. The monoisotopic (exact) mass is 1080 g/mol. The highest BCUT2D eigenvalue weighted by atomic mass is 16.3. The maximum absolute atomic E-state index is 14.5. The summed E-state index contributed by atoms with van der Waals surface area (Å²) in [6.45, 7) is 2.49. The Morgan fingerprint density at radius 2 is 1.53 bits per heavy atom. The minimum atomic E-state index is -1.50. The van der Waals surface area contributed by atoms with E-state index in [4.69, 9.17) is 28.7 Å². The number of para-hydroxylation sites is 1. The predicted molar refractivity (Wildman–Crippen MR) is 287 cm³/mol. The van der Waals surface area contributed by atoms with Gasteiger partial charge in [-0.1, -0.05) is 37.3 Å². The van der Waals surface area contributed by atoms with Gasteiger partial charge in [-0.3, -0.25) is 53.1 Å². The molecule has 0 unspecified atom stereocenters. The highest BCUT2D eigenvalue weighted by Gasteiger charge is 2.43. The van der Waals surface area contributed by atoms with E-state index < -0.39 is 102 Å². The summed E-state index contributed by atoms with van der Waals surface area (Å²) in [7, 11) is 0. The van der Waals surface area contributed by atoms with Crippen molar-refractivity contribution in [3.05, 3.63) is 71.4 Å². The quantitative estimate of drug-likeness (QED) is 0.0402. The topological polar surface area (TPSA) is 456 Å². The average molecular weight is 1080 g/mol. The lowest BCUT2D eigenvalue weighted by Gasteiger charge is -2.30. The minimum Gasteiger partial charge on any atom is -0.391 e. The fourth-order valence-electron chi connectivity index (χ4n) is 8.67. The van der Waals surface area contributed by atoms with Gasteiger partial charge in [-0.2, -0.15) is 5.26 Å². The number of primary amides is 1. The second-order valence-electron chi connectivity index (χ2n) is 18.7. The largest absolute Gasteiger partial charge is 0.391 e. The molecule has 0 saturated carbocycles. The van der Waals surface area contributed by atoms with Crippen molar-refractivity contribution in [3.63, 3.8) is 0 Å². The number of aryl methyl sites for hydroxylation is 1. The normalized spacial score (nSPS) is 21.2. The van der Waals surface area contributed by atoms with Gasteiger partial charge in [0.25, 0.3) is 0 Å². The SMILES string of the molecule is CC(=O)N[C@@H](CCCN=C(N)N)C(=O)N[C@H]1CCC(=O)NCCC[C@@H](C(N)=O)NC(=O)CNC(=O)[C@H](CCCN=C(N)N)NC(=O)[C@@H](Cc2ccc(C#N)cc2)NC(=O)[C@@H]2C[C@@H](O)CN2C1=O.CCc1c[nH]c2ccccc12. The number of aliphatic imine (C=N–C) groups is 2. The van der Waals surface area contributed by atoms with Crippen LogP contribution in [0.15, 0.2) is 64.7 Å². The van der Waals surface area contributed by atoms with Crippen molar-refractivity contribution in [1.82, 2.24) is 47.1 Å². The molecule has 19 N–H and O–H groups in total. The molecule has 422 valence electrons. The Labute approximate surface area is 451 Å². The number of amides is 9. The molecule has 27 heteroatoms. The first-order chi connectivity index (χ1) is 37.2. The van der Waals surface area contributed by atoms with Crippen molar-refractivity contribution in [2.45, 2.75) is 127 Å². The summed E-state index contributed by atoms with van der Waals surface area (Å²) in [6.07, 6.45) is 1.25. The number of aromatic amines is 1. The third-order valence-electron chi connectivity index (χ3n) is 12.7. The van der Waals surface area contributed by atoms with Gasteiger partial charge in [-0.25, -0.2) is 0 Å². The fraction of sp³-hybridized carbons (Fsp3) is 0.490. The molecule has 27 nitrogen and oxygen atoms in total. The molecule has 2 aromatic carbocycles. The summed E-state index contributed by atoms with van der Waals surface area (Å²) in [5.74, 6) is -7.54. The molecular weight excluding hydrogens is 1010 g/mol. The molecule has 2 aliphatic rings. The summed E-state index contributed by atoms with van der Waals surface area (Å²) in [4.78, 5) is 133. The van der Waals surface area contributed by atoms with Crippen LogP contribution in [0.2, 0.25) is 0 Å². The van der Waals surface area contributed by atoms with Crippen LogP contribution in [0.1, 0.15) is 88.3 Å². The smallest absolute Gasteiger partial charge is 0.245 e. The molecular formula is C51H73N17O10. The number of nitrogens with one attached hydrogen (secondary N) is 8. The van der Waals surface area contributed by atoms with E-state index in [0.717, 1.165) is 11.3 Å². The van der Waals surface area contributed by atoms with Crippen molar-refractivity contribution in [2.24, 2.45) is 38.7 Å². The zero-order chi connectivity index (χ0) is 57.3. The Morgan fingerprint density at radius 1 is 0.846 bits per heavy atom. The van der Waals surface area contributed by atoms with E-state index in [9.17, 15) is 53.5 Å². The highest BCUT2D eigenvalue weighted by Crippen LogP contribution is 2.22. The number of H-pyrrole nitrogens is 1. The molecule has 3 aromatic rings. The molecule has 9 amide bonds. The van der Waals surface area contributed by atoms with E-state index in [0.29, 0.717) is 11.1 Å². The first-order valence-electron chi connectivity index (χ1n) is 25.6. The van der Waals surface area contributed by atoms with Crippen molar-refractivity contribution in [3.8, 4) is 6.07 Å². The molecule has 78 heavy (non-hydrogen) atoms. The number of nitriles is 1. The number of aliphatic hydroxyl groups excluding tert-OH is 1. The number of aromatic nitrogens is 1. The number of nitrogens with zero attached hydrogens (tertiary/aromatic N) is 4. The predicted octanol–water partition coefficient (Wildman–Crippen LogP) is -3.36. The molecule has 2 fully saturated rings. The van der Waals surface area contributed by atoms with Crippen LogP contribution >= 0.6 is 0 Å². The van der Waals surface area contributed by atoms with Crippen LogP contribution in [-0.4, -0.2) is 155 Å². The number of benzene rings is 2. The van der Waals surface area contributed by atoms with Crippen LogP contribution in [0.3, 0.4) is 0 Å². The Bertz CT molecular complexity index is 2680. The van der Waals surface area contributed by atoms with Gasteiger partial charge in [0, 0.05) is 69.5 Å². The maximum atomic E-state index is 14.5. The molecule has 0 aliphatic carbocycles. The standard InChI is InChI=1S/C41H62N16O10.C10H11N/c1-22(58)52-28(7-4-16-50-41(46)47)36(64)55-29-12-13-32(60)48-14-2-5-26(34(43)62)53-33(61)20-51-35(63)27(6-3-15-49-40(44)45)54-37(65)30(17-23-8-10-24(19-42)11-9-23)56-38(66)31-18-25(59)21-57(31)39(29)67;1-2-8-7-11-10-6-4-3-5-9(8)10/h8-11,25-31,59H,2-7,12-18,20-21H2,1H3,(H2,43,62)(H,48,60)(H,51,63)(H,52,58)(H,53,61)(H,54,65)(H,55,64)(H,56,66)(H4,44,45,49)(H4,46,47,50);3-7,11H,2H2,1H3/t25-,26+,27+,28+,29+,30-,31+;/m1./s1. The van der Waals surface area contributed by atoms with Gasteiger partial charge < -0.3 is 80.9 Å². The zero-order valence-electron chi connectivity index (χ0n) is 43.8. The molecule has 3 heterocycles. The van der Waals surface area contributed by atoms with E-state index in [2.05, 4.69) is 89.6 Å². The summed E-state index contributed by atoms with van der Waals surface area (Å²) in [5.41, 5.74) is 30.7.